The van der Waals surface area contributed by atoms with Crippen LogP contribution in [0.2, 0.25) is 5.02 Å². The Balaban J connectivity index is 1.24. The Bertz CT molecular complexity index is 892. The molecule has 1 aromatic heterocycles. The predicted octanol–water partition coefficient (Wildman–Crippen LogP) is 3.47. The molecule has 1 unspecified atom stereocenters. The van der Waals surface area contributed by atoms with E-state index in [-0.39, 0.29) is 28.3 Å². The molecule has 2 saturated heterocycles. The Morgan fingerprint density at radius 2 is 2.06 bits per heavy atom. The fourth-order valence-corrected chi connectivity index (χ4v) is 5.21. The first-order valence-electron chi connectivity index (χ1n) is 11.6. The number of nitrogens with zero attached hydrogens (tertiary/aromatic N) is 4. The highest BCUT2D eigenvalue weighted by Crippen LogP contribution is 2.50. The zero-order chi connectivity index (χ0) is 23.1. The van der Waals surface area contributed by atoms with Crippen molar-refractivity contribution in [2.45, 2.75) is 77.2 Å². The van der Waals surface area contributed by atoms with E-state index in [2.05, 4.69) is 17.0 Å². The molecule has 0 bridgehead atoms. The van der Waals surface area contributed by atoms with Crippen molar-refractivity contribution in [3.05, 3.63) is 27.1 Å². The molecule has 0 N–H and O–H groups in total. The molecule has 178 valence electrons. The quantitative estimate of drug-likeness (QED) is 0.661. The molecular weight excluding hydrogens is 432 g/mol. The van der Waals surface area contributed by atoms with Gasteiger partial charge in [-0.05, 0) is 71.9 Å². The number of hydrogen-bond donors (Lipinski definition) is 0. The van der Waals surface area contributed by atoms with Gasteiger partial charge in [-0.1, -0.05) is 11.6 Å². The smallest absolute Gasteiger partial charge is 0.410 e. The van der Waals surface area contributed by atoms with Crippen LogP contribution in [-0.4, -0.2) is 70.6 Å². The molecule has 1 amide bonds. The summed E-state index contributed by atoms with van der Waals surface area (Å²) in [5, 5.41) is 4.59. The Morgan fingerprint density at radius 3 is 2.69 bits per heavy atom. The lowest BCUT2D eigenvalue weighted by molar-refractivity contribution is -0.103. The SMILES string of the molecule is CN(CCc1cnn(C2CCCCO2)c(=O)c1Cl)C1CC2(C1)CN(C(=O)OC(C)(C)C)C2. The molecule has 32 heavy (non-hydrogen) atoms. The van der Waals surface area contributed by atoms with Crippen molar-refractivity contribution >= 4 is 17.7 Å². The number of likely N-dealkylation sites (N-methyl/N-ethyl adjacent to an activating group) is 1. The number of aromatic nitrogens is 2. The topological polar surface area (TPSA) is 76.9 Å². The number of halogens is 1. The van der Waals surface area contributed by atoms with Crippen LogP contribution in [0.15, 0.2) is 11.0 Å². The average molecular weight is 467 g/mol. The number of likely N-dealkylation sites (tertiary alicyclic amines) is 1. The molecule has 0 radical (unpaired) electrons. The molecular formula is C23H35ClN4O4. The van der Waals surface area contributed by atoms with Gasteiger partial charge in [0.15, 0.2) is 6.23 Å². The van der Waals surface area contributed by atoms with Crippen LogP contribution in [0.1, 0.15) is 64.7 Å². The number of hydrogen-bond acceptors (Lipinski definition) is 6. The van der Waals surface area contributed by atoms with Crippen LogP contribution in [0, 0.1) is 5.41 Å². The fraction of sp³-hybridized carbons (Fsp3) is 0.783. The van der Waals surface area contributed by atoms with Gasteiger partial charge in [0.25, 0.3) is 5.56 Å². The summed E-state index contributed by atoms with van der Waals surface area (Å²) in [6.07, 6.45) is 6.87. The van der Waals surface area contributed by atoms with Crippen LogP contribution in [0.3, 0.4) is 0 Å². The van der Waals surface area contributed by atoms with Crippen LogP contribution in [0.4, 0.5) is 4.79 Å². The van der Waals surface area contributed by atoms with E-state index in [1.54, 1.807) is 11.1 Å². The van der Waals surface area contributed by atoms with E-state index >= 15 is 0 Å². The van der Waals surface area contributed by atoms with Crippen molar-refractivity contribution in [3.8, 4) is 0 Å². The van der Waals surface area contributed by atoms with Gasteiger partial charge in [0.05, 0.1) is 6.20 Å². The average Bonchev–Trinajstić information content (AvgIpc) is 2.66. The van der Waals surface area contributed by atoms with Crippen molar-refractivity contribution in [2.24, 2.45) is 5.41 Å². The summed E-state index contributed by atoms with van der Waals surface area (Å²) in [5.41, 5.74) is 0.306. The van der Waals surface area contributed by atoms with Crippen molar-refractivity contribution in [3.63, 3.8) is 0 Å². The van der Waals surface area contributed by atoms with Crippen molar-refractivity contribution in [1.29, 1.82) is 0 Å². The van der Waals surface area contributed by atoms with Crippen molar-refractivity contribution < 1.29 is 14.3 Å². The Morgan fingerprint density at radius 1 is 1.34 bits per heavy atom. The van der Waals surface area contributed by atoms with Crippen LogP contribution in [0.25, 0.3) is 0 Å². The van der Waals surface area contributed by atoms with E-state index in [9.17, 15) is 9.59 Å². The fourth-order valence-electron chi connectivity index (χ4n) is 4.98. The van der Waals surface area contributed by atoms with Crippen molar-refractivity contribution in [2.75, 3.05) is 33.3 Å². The first-order valence-corrected chi connectivity index (χ1v) is 12.0. The molecule has 0 aromatic carbocycles. The molecule has 3 heterocycles. The molecule has 3 fully saturated rings. The van der Waals surface area contributed by atoms with Crippen LogP contribution < -0.4 is 5.56 Å². The van der Waals surface area contributed by atoms with E-state index in [1.807, 2.05) is 20.8 Å². The molecule has 4 rings (SSSR count). The largest absolute Gasteiger partial charge is 0.444 e. The third kappa shape index (κ3) is 4.97. The maximum absolute atomic E-state index is 12.7. The lowest BCUT2D eigenvalue weighted by Gasteiger charge is -2.60. The van der Waals surface area contributed by atoms with Gasteiger partial charge in [-0.15, -0.1) is 0 Å². The molecule has 9 heteroatoms. The van der Waals surface area contributed by atoms with Gasteiger partial charge in [-0.3, -0.25) is 4.79 Å². The van der Waals surface area contributed by atoms with Crippen molar-refractivity contribution in [1.82, 2.24) is 19.6 Å². The summed E-state index contributed by atoms with van der Waals surface area (Å²) in [4.78, 5) is 29.0. The number of amides is 1. The first kappa shape index (κ1) is 23.5. The van der Waals surface area contributed by atoms with Gasteiger partial charge in [0.1, 0.15) is 10.6 Å². The molecule has 2 aliphatic heterocycles. The minimum Gasteiger partial charge on any atom is -0.444 e. The molecule has 1 aliphatic carbocycles. The summed E-state index contributed by atoms with van der Waals surface area (Å²) in [7, 11) is 2.11. The monoisotopic (exact) mass is 466 g/mol. The number of carbonyl (C=O) groups is 1. The summed E-state index contributed by atoms with van der Waals surface area (Å²) in [6, 6.07) is 0.485. The molecule has 3 aliphatic rings. The molecule has 1 atom stereocenters. The summed E-state index contributed by atoms with van der Waals surface area (Å²) >= 11 is 6.40. The van der Waals surface area contributed by atoms with Crippen LogP contribution in [-0.2, 0) is 15.9 Å². The number of rotatable bonds is 5. The molecule has 1 spiro atoms. The normalized spacial score (nSPS) is 23.2. The summed E-state index contributed by atoms with van der Waals surface area (Å²) < 4.78 is 12.5. The maximum Gasteiger partial charge on any atom is 0.410 e. The standard InChI is InChI=1S/C23H35ClN4O4/c1-22(2,3)32-21(30)27-14-23(15-27)11-17(12-23)26(4)9-8-16-13-25-28(20(29)19(16)24)18-7-5-6-10-31-18/h13,17-18H,5-12,14-15H2,1-4H3. The zero-order valence-electron chi connectivity index (χ0n) is 19.6. The minimum absolute atomic E-state index is 0.213. The number of ether oxygens (including phenoxy) is 2. The van der Waals surface area contributed by atoms with Gasteiger partial charge in [-0.25, -0.2) is 4.79 Å². The number of carbonyl (C=O) groups excluding carboxylic acids is 1. The second kappa shape index (κ2) is 8.95. The lowest BCUT2D eigenvalue weighted by Crippen LogP contribution is -2.67. The second-order valence-electron chi connectivity index (χ2n) is 10.7. The lowest BCUT2D eigenvalue weighted by atomic mass is 9.60. The highest BCUT2D eigenvalue weighted by atomic mass is 35.5. The van der Waals surface area contributed by atoms with Gasteiger partial charge < -0.3 is 19.3 Å². The zero-order valence-corrected chi connectivity index (χ0v) is 20.4. The minimum atomic E-state index is -0.456. The highest BCUT2D eigenvalue weighted by Gasteiger charge is 2.55. The molecule has 1 saturated carbocycles. The predicted molar refractivity (Wildman–Crippen MR) is 122 cm³/mol. The van der Waals surface area contributed by atoms with E-state index < -0.39 is 5.60 Å². The first-order chi connectivity index (χ1) is 15.1. The third-order valence-electron chi connectivity index (χ3n) is 6.84. The summed E-state index contributed by atoms with van der Waals surface area (Å²) in [6.45, 7) is 8.70. The third-order valence-corrected chi connectivity index (χ3v) is 7.25. The highest BCUT2D eigenvalue weighted by molar-refractivity contribution is 6.31. The molecule has 8 nitrogen and oxygen atoms in total. The Kier molecular flexibility index (Phi) is 6.58. The van der Waals surface area contributed by atoms with Crippen LogP contribution >= 0.6 is 11.6 Å². The Hall–Kier alpha value is -1.64. The van der Waals surface area contributed by atoms with Crippen LogP contribution in [0.5, 0.6) is 0 Å². The van der Waals surface area contributed by atoms with Gasteiger partial charge >= 0.3 is 6.09 Å². The summed E-state index contributed by atoms with van der Waals surface area (Å²) in [5.74, 6) is 0. The van der Waals surface area contributed by atoms with Gasteiger partial charge in [0, 0.05) is 37.7 Å². The van der Waals surface area contributed by atoms with Gasteiger partial charge in [0.2, 0.25) is 0 Å². The second-order valence-corrected chi connectivity index (χ2v) is 11.1. The molecule has 1 aromatic rings. The maximum atomic E-state index is 12.7. The van der Waals surface area contributed by atoms with E-state index in [0.29, 0.717) is 19.1 Å². The van der Waals surface area contributed by atoms with E-state index in [0.717, 1.165) is 57.3 Å². The van der Waals surface area contributed by atoms with Gasteiger partial charge in [-0.2, -0.15) is 9.78 Å². The van der Waals surface area contributed by atoms with E-state index in [1.165, 1.54) is 4.68 Å². The van der Waals surface area contributed by atoms with E-state index in [4.69, 9.17) is 21.1 Å². The Labute approximate surface area is 194 Å².